The molecule has 4 rings (SSSR count). The number of carbonyl (C=O) groups is 1. The summed E-state index contributed by atoms with van der Waals surface area (Å²) in [5, 5.41) is 2.32. The van der Waals surface area contributed by atoms with Crippen LogP contribution in [0, 0.1) is 12.8 Å². The average Bonchev–Trinajstić information content (AvgIpc) is 3.09. The SMILES string of the molecule is CCOC(=O)C1CCC(Oc2ccc(Cl)c(Cc3cc4c(C)cc(N)cc4n3C)c2Cl)CC1. The second-order valence-electron chi connectivity index (χ2n) is 8.82. The molecule has 0 atom stereocenters. The van der Waals surface area contributed by atoms with Crippen LogP contribution in [0.5, 0.6) is 5.75 Å². The van der Waals surface area contributed by atoms with Gasteiger partial charge >= 0.3 is 5.97 Å². The molecule has 1 saturated carbocycles. The molecule has 33 heavy (non-hydrogen) atoms. The summed E-state index contributed by atoms with van der Waals surface area (Å²) in [6.07, 6.45) is 3.71. The van der Waals surface area contributed by atoms with Crippen molar-refractivity contribution in [1.82, 2.24) is 4.57 Å². The number of ether oxygens (including phenoxy) is 2. The zero-order valence-corrected chi connectivity index (χ0v) is 20.8. The van der Waals surface area contributed by atoms with Crippen molar-refractivity contribution in [1.29, 1.82) is 0 Å². The van der Waals surface area contributed by atoms with Crippen LogP contribution < -0.4 is 10.5 Å². The molecular formula is C26H30Cl2N2O3. The minimum absolute atomic E-state index is 0.0189. The highest BCUT2D eigenvalue weighted by atomic mass is 35.5. The normalized spacial score (nSPS) is 18.5. The largest absolute Gasteiger partial charge is 0.489 e. The van der Waals surface area contributed by atoms with Crippen LogP contribution in [0.25, 0.3) is 10.9 Å². The summed E-state index contributed by atoms with van der Waals surface area (Å²) in [4.78, 5) is 12.0. The smallest absolute Gasteiger partial charge is 0.308 e. The molecule has 0 aliphatic heterocycles. The van der Waals surface area contributed by atoms with Gasteiger partial charge in [0.05, 0.1) is 29.2 Å². The maximum Gasteiger partial charge on any atom is 0.308 e. The molecule has 2 aromatic carbocycles. The van der Waals surface area contributed by atoms with Crippen LogP contribution in [0.3, 0.4) is 0 Å². The van der Waals surface area contributed by atoms with Crippen molar-refractivity contribution < 1.29 is 14.3 Å². The van der Waals surface area contributed by atoms with Gasteiger partial charge in [-0.2, -0.15) is 0 Å². The average molecular weight is 489 g/mol. The first-order valence-corrected chi connectivity index (χ1v) is 12.2. The fraction of sp³-hybridized carbons (Fsp3) is 0.423. The Morgan fingerprint density at radius 1 is 1.15 bits per heavy atom. The Kier molecular flexibility index (Phi) is 7.10. The maximum atomic E-state index is 12.0. The van der Waals surface area contributed by atoms with E-state index in [1.165, 1.54) is 5.39 Å². The number of nitrogens with zero attached hydrogens (tertiary/aromatic N) is 1. The number of aromatic nitrogens is 1. The van der Waals surface area contributed by atoms with Crippen molar-refractivity contribution in [2.24, 2.45) is 13.0 Å². The van der Waals surface area contributed by atoms with Crippen molar-refractivity contribution >= 4 is 45.8 Å². The van der Waals surface area contributed by atoms with Gasteiger partial charge in [0.25, 0.3) is 0 Å². The van der Waals surface area contributed by atoms with Gasteiger partial charge in [0.2, 0.25) is 0 Å². The van der Waals surface area contributed by atoms with Gasteiger partial charge < -0.3 is 19.8 Å². The number of benzene rings is 2. The number of nitrogens with two attached hydrogens (primary N) is 1. The van der Waals surface area contributed by atoms with E-state index in [2.05, 4.69) is 17.6 Å². The molecule has 176 valence electrons. The number of hydrogen-bond acceptors (Lipinski definition) is 4. The van der Waals surface area contributed by atoms with E-state index in [0.29, 0.717) is 28.8 Å². The lowest BCUT2D eigenvalue weighted by Crippen LogP contribution is -2.29. The van der Waals surface area contributed by atoms with E-state index in [1.807, 2.05) is 38.2 Å². The van der Waals surface area contributed by atoms with Crippen LogP contribution in [0.1, 0.15) is 49.4 Å². The minimum atomic E-state index is -0.102. The number of halogens is 2. The summed E-state index contributed by atoms with van der Waals surface area (Å²) in [5.74, 6) is 0.495. The Morgan fingerprint density at radius 3 is 2.58 bits per heavy atom. The highest BCUT2D eigenvalue weighted by Crippen LogP contribution is 2.38. The maximum absolute atomic E-state index is 12.0. The summed E-state index contributed by atoms with van der Waals surface area (Å²) in [6.45, 7) is 4.32. The van der Waals surface area contributed by atoms with Crippen LogP contribution in [0.15, 0.2) is 30.3 Å². The number of fused-ring (bicyclic) bond motifs is 1. The van der Waals surface area contributed by atoms with Gasteiger partial charge in [-0.05, 0) is 81.0 Å². The first kappa shape index (κ1) is 23.8. The van der Waals surface area contributed by atoms with Crippen LogP contribution in [-0.4, -0.2) is 23.2 Å². The number of hydrogen-bond donors (Lipinski definition) is 1. The van der Waals surface area contributed by atoms with Crippen LogP contribution in [-0.2, 0) is 23.0 Å². The Hall–Kier alpha value is -2.37. The second kappa shape index (κ2) is 9.86. The van der Waals surface area contributed by atoms with Gasteiger partial charge in [0.15, 0.2) is 0 Å². The quantitative estimate of drug-likeness (QED) is 0.319. The number of rotatable bonds is 6. The van der Waals surface area contributed by atoms with Gasteiger partial charge in [0.1, 0.15) is 5.75 Å². The van der Waals surface area contributed by atoms with Gasteiger partial charge in [0, 0.05) is 35.3 Å². The molecule has 1 fully saturated rings. The number of esters is 1. The zero-order valence-electron chi connectivity index (χ0n) is 19.3. The van der Waals surface area contributed by atoms with E-state index in [0.717, 1.165) is 53.7 Å². The topological polar surface area (TPSA) is 66.5 Å². The van der Waals surface area contributed by atoms with E-state index in [1.54, 1.807) is 0 Å². The Balaban J connectivity index is 1.53. The molecule has 7 heteroatoms. The molecular weight excluding hydrogens is 459 g/mol. The highest BCUT2D eigenvalue weighted by Gasteiger charge is 2.29. The fourth-order valence-corrected chi connectivity index (χ4v) is 5.28. The molecule has 0 saturated heterocycles. The Morgan fingerprint density at radius 2 is 1.88 bits per heavy atom. The van der Waals surface area contributed by atoms with Crippen molar-refractivity contribution in [3.8, 4) is 5.75 Å². The number of nitrogen functional groups attached to an aromatic ring is 1. The standard InChI is InChI=1S/C26H30Cl2N2O3/c1-4-32-26(31)16-5-7-19(8-6-16)33-24-10-9-22(27)21(25(24)28)14-18-13-20-15(2)11-17(29)12-23(20)30(18)3/h9-13,16,19H,4-8,14,29H2,1-3H3. The molecule has 1 aliphatic carbocycles. The summed E-state index contributed by atoms with van der Waals surface area (Å²) in [6, 6.07) is 9.81. The first-order chi connectivity index (χ1) is 15.8. The predicted molar refractivity (Wildman–Crippen MR) is 134 cm³/mol. The number of aryl methyl sites for hydroxylation is 2. The summed E-state index contributed by atoms with van der Waals surface area (Å²) < 4.78 is 13.6. The molecule has 3 aromatic rings. The molecule has 1 aliphatic rings. The number of carbonyl (C=O) groups excluding carboxylic acids is 1. The van der Waals surface area contributed by atoms with Crippen molar-refractivity contribution in [3.05, 3.63) is 57.2 Å². The highest BCUT2D eigenvalue weighted by molar-refractivity contribution is 6.37. The van der Waals surface area contributed by atoms with Crippen molar-refractivity contribution in [3.63, 3.8) is 0 Å². The molecule has 5 nitrogen and oxygen atoms in total. The van der Waals surface area contributed by atoms with Crippen molar-refractivity contribution in [2.75, 3.05) is 12.3 Å². The molecule has 0 amide bonds. The lowest BCUT2D eigenvalue weighted by atomic mass is 9.87. The van der Waals surface area contributed by atoms with E-state index in [-0.39, 0.29) is 18.0 Å². The predicted octanol–water partition coefficient (Wildman–Crippen LogP) is 6.47. The third kappa shape index (κ3) is 4.95. The summed E-state index contributed by atoms with van der Waals surface area (Å²) in [7, 11) is 2.03. The lowest BCUT2D eigenvalue weighted by molar-refractivity contribution is -0.149. The van der Waals surface area contributed by atoms with Crippen molar-refractivity contribution in [2.45, 2.75) is 52.1 Å². The fourth-order valence-electron chi connectivity index (χ4n) is 4.73. The van der Waals surface area contributed by atoms with E-state index >= 15 is 0 Å². The molecule has 0 spiro atoms. The first-order valence-electron chi connectivity index (χ1n) is 11.4. The Labute approximate surface area is 204 Å². The third-order valence-corrected chi connectivity index (χ3v) is 7.36. The molecule has 2 N–H and O–H groups in total. The van der Waals surface area contributed by atoms with Gasteiger partial charge in [-0.15, -0.1) is 0 Å². The van der Waals surface area contributed by atoms with Gasteiger partial charge in [-0.1, -0.05) is 23.2 Å². The van der Waals surface area contributed by atoms with E-state index < -0.39 is 0 Å². The van der Waals surface area contributed by atoms with Crippen LogP contribution >= 0.6 is 23.2 Å². The second-order valence-corrected chi connectivity index (χ2v) is 9.61. The minimum Gasteiger partial charge on any atom is -0.489 e. The van der Waals surface area contributed by atoms with Crippen LogP contribution in [0.2, 0.25) is 10.0 Å². The molecule has 0 unspecified atom stereocenters. The zero-order chi connectivity index (χ0) is 23.7. The van der Waals surface area contributed by atoms with Gasteiger partial charge in [-0.3, -0.25) is 4.79 Å². The summed E-state index contributed by atoms with van der Waals surface area (Å²) >= 11 is 13.4. The lowest BCUT2D eigenvalue weighted by Gasteiger charge is -2.28. The van der Waals surface area contributed by atoms with E-state index in [4.69, 9.17) is 38.4 Å². The molecule has 0 radical (unpaired) electrons. The number of anilines is 1. The molecule has 0 bridgehead atoms. The van der Waals surface area contributed by atoms with Gasteiger partial charge in [-0.25, -0.2) is 0 Å². The molecule has 1 aromatic heterocycles. The molecule has 1 heterocycles. The summed E-state index contributed by atoms with van der Waals surface area (Å²) in [5.41, 5.74) is 11.0. The Bertz CT molecular complexity index is 1180. The van der Waals surface area contributed by atoms with Crippen LogP contribution in [0.4, 0.5) is 5.69 Å². The third-order valence-electron chi connectivity index (χ3n) is 6.59. The monoisotopic (exact) mass is 488 g/mol. The van der Waals surface area contributed by atoms with E-state index in [9.17, 15) is 4.79 Å².